The van der Waals surface area contributed by atoms with Crippen LogP contribution in [0.4, 0.5) is 5.69 Å². The highest BCUT2D eigenvalue weighted by Crippen LogP contribution is 2.38. The van der Waals surface area contributed by atoms with Crippen molar-refractivity contribution in [2.24, 2.45) is 0 Å². The summed E-state index contributed by atoms with van der Waals surface area (Å²) in [6.45, 7) is 1.83. The predicted molar refractivity (Wildman–Crippen MR) is 104 cm³/mol. The van der Waals surface area contributed by atoms with Gasteiger partial charge in [-0.3, -0.25) is 4.72 Å². The number of benzene rings is 2. The molecule has 28 heavy (non-hydrogen) atoms. The minimum Gasteiger partial charge on any atom is -0.495 e. The maximum absolute atomic E-state index is 13.0. The van der Waals surface area contributed by atoms with E-state index in [-0.39, 0.29) is 4.90 Å². The van der Waals surface area contributed by atoms with Crippen molar-refractivity contribution < 1.29 is 17.7 Å². The molecule has 0 amide bonds. The fourth-order valence-electron chi connectivity index (χ4n) is 2.98. The Balaban J connectivity index is 1.62. The zero-order chi connectivity index (χ0) is 19.7. The van der Waals surface area contributed by atoms with Crippen LogP contribution in [0.2, 0.25) is 0 Å². The van der Waals surface area contributed by atoms with Gasteiger partial charge in [-0.1, -0.05) is 29.4 Å². The van der Waals surface area contributed by atoms with Gasteiger partial charge < -0.3 is 9.26 Å². The molecule has 1 fully saturated rings. The number of rotatable bonds is 7. The zero-order valence-electron chi connectivity index (χ0n) is 15.7. The number of methoxy groups -OCH3 is 1. The molecule has 1 heterocycles. The van der Waals surface area contributed by atoms with E-state index in [1.165, 1.54) is 7.11 Å². The van der Waals surface area contributed by atoms with Gasteiger partial charge in [0.25, 0.3) is 10.0 Å². The number of nitrogens with one attached hydrogen (secondary N) is 1. The third kappa shape index (κ3) is 3.87. The molecule has 4 rings (SSSR count). The maximum atomic E-state index is 13.0. The molecule has 1 aliphatic carbocycles. The highest BCUT2D eigenvalue weighted by molar-refractivity contribution is 7.92. The molecule has 1 aliphatic rings. The number of hydrogen-bond acceptors (Lipinski definition) is 6. The largest absolute Gasteiger partial charge is 0.495 e. The molecule has 0 saturated heterocycles. The first-order valence-electron chi connectivity index (χ1n) is 9.04. The second-order valence-corrected chi connectivity index (χ2v) is 8.57. The van der Waals surface area contributed by atoms with Crippen LogP contribution in [0.1, 0.15) is 41.6 Å². The normalized spacial score (nSPS) is 14.1. The van der Waals surface area contributed by atoms with Crippen molar-refractivity contribution in [2.75, 3.05) is 11.8 Å². The number of ether oxygens (including phenoxy) is 1. The van der Waals surface area contributed by atoms with E-state index < -0.39 is 10.0 Å². The van der Waals surface area contributed by atoms with Crippen molar-refractivity contribution in [3.8, 4) is 5.75 Å². The van der Waals surface area contributed by atoms with Crippen molar-refractivity contribution in [1.29, 1.82) is 0 Å². The topological polar surface area (TPSA) is 94.3 Å². The molecule has 0 aliphatic heterocycles. The highest BCUT2D eigenvalue weighted by Gasteiger charge is 2.29. The van der Waals surface area contributed by atoms with Gasteiger partial charge in [0, 0.05) is 5.92 Å². The lowest BCUT2D eigenvalue weighted by Crippen LogP contribution is -2.15. The van der Waals surface area contributed by atoms with Gasteiger partial charge in [-0.15, -0.1) is 0 Å². The van der Waals surface area contributed by atoms with E-state index in [0.29, 0.717) is 29.7 Å². The first-order valence-corrected chi connectivity index (χ1v) is 10.5. The summed E-state index contributed by atoms with van der Waals surface area (Å²) in [5, 5.41) is 4.02. The zero-order valence-corrected chi connectivity index (χ0v) is 16.5. The van der Waals surface area contributed by atoms with Crippen molar-refractivity contribution in [1.82, 2.24) is 10.1 Å². The van der Waals surface area contributed by atoms with Gasteiger partial charge in [-0.25, -0.2) is 8.42 Å². The monoisotopic (exact) mass is 399 g/mol. The third-order valence-electron chi connectivity index (χ3n) is 4.64. The Hall–Kier alpha value is -2.87. The number of anilines is 1. The standard InChI is InChI=1S/C20H21N3O4S/c1-13-7-10-17(26-2)18(11-13)28(24,25)23-16-6-4-3-5-15(16)12-19-21-20(22-27-19)14-8-9-14/h3-7,10-11,14,23H,8-9,12H2,1-2H3. The average Bonchev–Trinajstić information content (AvgIpc) is 3.42. The average molecular weight is 399 g/mol. The van der Waals surface area contributed by atoms with Crippen LogP contribution in [-0.2, 0) is 16.4 Å². The van der Waals surface area contributed by atoms with Gasteiger partial charge >= 0.3 is 0 Å². The van der Waals surface area contributed by atoms with Gasteiger partial charge in [-0.2, -0.15) is 4.98 Å². The smallest absolute Gasteiger partial charge is 0.265 e. The van der Waals surface area contributed by atoms with Crippen LogP contribution >= 0.6 is 0 Å². The van der Waals surface area contributed by atoms with Crippen LogP contribution < -0.4 is 9.46 Å². The Bertz CT molecular complexity index is 1100. The van der Waals surface area contributed by atoms with E-state index >= 15 is 0 Å². The van der Waals surface area contributed by atoms with E-state index in [1.54, 1.807) is 30.3 Å². The second kappa shape index (κ2) is 7.27. The van der Waals surface area contributed by atoms with Gasteiger partial charge in [0.05, 0.1) is 19.2 Å². The van der Waals surface area contributed by atoms with Crippen LogP contribution in [0.5, 0.6) is 5.75 Å². The highest BCUT2D eigenvalue weighted by atomic mass is 32.2. The van der Waals surface area contributed by atoms with Crippen molar-refractivity contribution >= 4 is 15.7 Å². The quantitative estimate of drug-likeness (QED) is 0.652. The number of para-hydroxylation sites is 1. The van der Waals surface area contributed by atoms with Crippen LogP contribution in [-0.4, -0.2) is 25.7 Å². The fraction of sp³-hybridized carbons (Fsp3) is 0.300. The molecule has 1 aromatic heterocycles. The van der Waals surface area contributed by atoms with Gasteiger partial charge in [0.1, 0.15) is 10.6 Å². The van der Waals surface area contributed by atoms with Crippen molar-refractivity contribution in [3.05, 3.63) is 65.3 Å². The van der Waals surface area contributed by atoms with E-state index in [2.05, 4.69) is 14.9 Å². The maximum Gasteiger partial charge on any atom is 0.265 e. The number of hydrogen-bond donors (Lipinski definition) is 1. The van der Waals surface area contributed by atoms with Crippen LogP contribution in [0.25, 0.3) is 0 Å². The van der Waals surface area contributed by atoms with E-state index in [1.807, 2.05) is 19.1 Å². The molecule has 0 spiro atoms. The van der Waals surface area contributed by atoms with E-state index in [4.69, 9.17) is 9.26 Å². The lowest BCUT2D eigenvalue weighted by atomic mass is 10.1. The molecule has 1 saturated carbocycles. The Morgan fingerprint density at radius 1 is 1.21 bits per heavy atom. The molecule has 1 N–H and O–H groups in total. The predicted octanol–water partition coefficient (Wildman–Crippen LogP) is 3.66. The molecule has 8 heteroatoms. The van der Waals surface area contributed by atoms with Gasteiger partial charge in [0.2, 0.25) is 5.89 Å². The molecule has 146 valence electrons. The molecule has 0 atom stereocenters. The van der Waals surface area contributed by atoms with E-state index in [0.717, 1.165) is 29.8 Å². The van der Waals surface area contributed by atoms with Crippen LogP contribution in [0, 0.1) is 6.92 Å². The Labute approximate surface area is 163 Å². The Morgan fingerprint density at radius 2 is 2.00 bits per heavy atom. The third-order valence-corrected chi connectivity index (χ3v) is 6.03. The molecule has 3 aromatic rings. The summed E-state index contributed by atoms with van der Waals surface area (Å²) in [7, 11) is -2.38. The number of nitrogens with zero attached hydrogens (tertiary/aromatic N) is 2. The van der Waals surface area contributed by atoms with Crippen molar-refractivity contribution in [3.63, 3.8) is 0 Å². The molecule has 0 unspecified atom stereocenters. The Kier molecular flexibility index (Phi) is 4.80. The second-order valence-electron chi connectivity index (χ2n) is 6.91. The number of sulfonamides is 1. The summed E-state index contributed by atoms with van der Waals surface area (Å²) in [6, 6.07) is 12.2. The van der Waals surface area contributed by atoms with Crippen LogP contribution in [0.3, 0.4) is 0 Å². The summed E-state index contributed by atoms with van der Waals surface area (Å²) < 4.78 is 39.2. The molecule has 0 radical (unpaired) electrons. The molecular weight excluding hydrogens is 378 g/mol. The summed E-state index contributed by atoms with van der Waals surface area (Å²) in [4.78, 5) is 4.52. The van der Waals surface area contributed by atoms with Gasteiger partial charge in [0.15, 0.2) is 5.82 Å². The number of aryl methyl sites for hydroxylation is 1. The molecule has 2 aromatic carbocycles. The molecule has 0 bridgehead atoms. The first-order chi connectivity index (χ1) is 13.5. The van der Waals surface area contributed by atoms with Crippen LogP contribution in [0.15, 0.2) is 51.9 Å². The summed E-state index contributed by atoms with van der Waals surface area (Å²) in [5.41, 5.74) is 2.05. The SMILES string of the molecule is COc1ccc(C)cc1S(=O)(=O)Nc1ccccc1Cc1nc(C2CC2)no1. The van der Waals surface area contributed by atoms with Crippen molar-refractivity contribution in [2.45, 2.75) is 37.0 Å². The number of aromatic nitrogens is 2. The first kappa shape index (κ1) is 18.5. The Morgan fingerprint density at radius 3 is 2.75 bits per heavy atom. The molecule has 7 nitrogen and oxygen atoms in total. The summed E-state index contributed by atoms with van der Waals surface area (Å²) >= 11 is 0. The lowest BCUT2D eigenvalue weighted by Gasteiger charge is -2.14. The summed E-state index contributed by atoms with van der Waals surface area (Å²) in [5.74, 6) is 1.90. The minimum absolute atomic E-state index is 0.0959. The fourth-order valence-corrected chi connectivity index (χ4v) is 4.33. The van der Waals surface area contributed by atoms with E-state index in [9.17, 15) is 8.42 Å². The summed E-state index contributed by atoms with van der Waals surface area (Å²) in [6.07, 6.45) is 2.53. The lowest BCUT2D eigenvalue weighted by molar-refractivity contribution is 0.379. The minimum atomic E-state index is -3.83. The molecular formula is C20H21N3O4S. The van der Waals surface area contributed by atoms with Gasteiger partial charge in [-0.05, 0) is 49.1 Å².